The molecule has 0 aliphatic rings. The summed E-state index contributed by atoms with van der Waals surface area (Å²) < 4.78 is 1.75. The highest BCUT2D eigenvalue weighted by Gasteiger charge is 2.01. The van der Waals surface area contributed by atoms with Crippen molar-refractivity contribution in [3.8, 4) is 0 Å². The molecule has 2 rings (SSSR count). The Morgan fingerprint density at radius 1 is 1.47 bits per heavy atom. The largest absolute Gasteiger partial charge is 0.369 e. The van der Waals surface area contributed by atoms with Gasteiger partial charge in [-0.3, -0.25) is 0 Å². The SMILES string of the molecule is CCCNc1ccc2nc(CN)cn2n1. The molecule has 0 radical (unpaired) electrons. The van der Waals surface area contributed by atoms with Crippen LogP contribution in [0, 0.1) is 0 Å². The number of nitrogens with zero attached hydrogens (tertiary/aromatic N) is 3. The molecule has 0 unspecified atom stereocenters. The Hall–Kier alpha value is -1.62. The molecule has 2 heterocycles. The zero-order valence-electron chi connectivity index (χ0n) is 8.77. The highest BCUT2D eigenvalue weighted by Crippen LogP contribution is 2.07. The lowest BCUT2D eigenvalue weighted by Crippen LogP contribution is -2.04. The van der Waals surface area contributed by atoms with Crippen LogP contribution in [0.25, 0.3) is 5.65 Å². The molecule has 0 aliphatic heterocycles. The minimum Gasteiger partial charge on any atom is -0.369 e. The number of nitrogens with one attached hydrogen (secondary N) is 1. The zero-order valence-corrected chi connectivity index (χ0v) is 8.77. The van der Waals surface area contributed by atoms with Crippen LogP contribution in [0.4, 0.5) is 5.82 Å². The van der Waals surface area contributed by atoms with Crippen molar-refractivity contribution in [3.63, 3.8) is 0 Å². The molecular weight excluding hydrogens is 190 g/mol. The van der Waals surface area contributed by atoms with E-state index in [1.807, 2.05) is 18.3 Å². The fourth-order valence-electron chi connectivity index (χ4n) is 1.38. The van der Waals surface area contributed by atoms with Crippen LogP contribution >= 0.6 is 0 Å². The van der Waals surface area contributed by atoms with Crippen molar-refractivity contribution in [1.82, 2.24) is 14.6 Å². The minimum atomic E-state index is 0.446. The van der Waals surface area contributed by atoms with Gasteiger partial charge in [-0.1, -0.05) is 6.92 Å². The van der Waals surface area contributed by atoms with E-state index in [9.17, 15) is 0 Å². The third-order valence-electron chi connectivity index (χ3n) is 2.14. The van der Waals surface area contributed by atoms with Crippen LogP contribution in [-0.4, -0.2) is 21.1 Å². The first-order chi connectivity index (χ1) is 7.33. The van der Waals surface area contributed by atoms with Crippen molar-refractivity contribution in [2.45, 2.75) is 19.9 Å². The lowest BCUT2D eigenvalue weighted by Gasteiger charge is -2.02. The second-order valence-electron chi connectivity index (χ2n) is 3.38. The summed E-state index contributed by atoms with van der Waals surface area (Å²) in [7, 11) is 0. The first kappa shape index (κ1) is 9.92. The van der Waals surface area contributed by atoms with Gasteiger partial charge in [0, 0.05) is 13.1 Å². The Bertz CT molecular complexity index is 448. The van der Waals surface area contributed by atoms with Crippen LogP contribution in [0.15, 0.2) is 18.3 Å². The number of fused-ring (bicyclic) bond motifs is 1. The molecule has 3 N–H and O–H groups in total. The summed E-state index contributed by atoms with van der Waals surface area (Å²) in [5.41, 5.74) is 7.20. The maximum absolute atomic E-state index is 5.51. The maximum atomic E-state index is 5.51. The first-order valence-corrected chi connectivity index (χ1v) is 5.12. The molecule has 0 spiro atoms. The topological polar surface area (TPSA) is 68.2 Å². The van der Waals surface area contributed by atoms with E-state index in [1.54, 1.807) is 4.52 Å². The van der Waals surface area contributed by atoms with Crippen LogP contribution in [0.5, 0.6) is 0 Å². The fourth-order valence-corrected chi connectivity index (χ4v) is 1.38. The monoisotopic (exact) mass is 205 g/mol. The standard InChI is InChI=1S/C10H15N5/c1-2-5-12-9-3-4-10-13-8(6-11)7-15(10)14-9/h3-4,7H,2,5-6,11H2,1H3,(H,12,14). The second kappa shape index (κ2) is 4.27. The predicted octanol–water partition coefficient (Wildman–Crippen LogP) is 1.01. The molecule has 0 atom stereocenters. The Kier molecular flexibility index (Phi) is 2.82. The van der Waals surface area contributed by atoms with Gasteiger partial charge >= 0.3 is 0 Å². The summed E-state index contributed by atoms with van der Waals surface area (Å²) in [6.45, 7) is 3.49. The average molecular weight is 205 g/mol. The molecule has 0 bridgehead atoms. The molecule has 0 aliphatic carbocycles. The number of hydrogen-bond acceptors (Lipinski definition) is 4. The third-order valence-corrected chi connectivity index (χ3v) is 2.14. The van der Waals surface area contributed by atoms with E-state index in [0.29, 0.717) is 6.54 Å². The van der Waals surface area contributed by atoms with E-state index in [2.05, 4.69) is 22.3 Å². The number of imidazole rings is 1. The molecule has 0 saturated heterocycles. The van der Waals surface area contributed by atoms with Crippen LogP contribution in [-0.2, 0) is 6.54 Å². The fraction of sp³-hybridized carbons (Fsp3) is 0.400. The molecule has 5 heteroatoms. The van der Waals surface area contributed by atoms with E-state index in [1.165, 1.54) is 0 Å². The number of nitrogens with two attached hydrogens (primary N) is 1. The van der Waals surface area contributed by atoms with E-state index in [4.69, 9.17) is 5.73 Å². The summed E-state index contributed by atoms with van der Waals surface area (Å²) in [5.74, 6) is 0.866. The van der Waals surface area contributed by atoms with Gasteiger partial charge in [-0.25, -0.2) is 9.50 Å². The molecule has 0 aromatic carbocycles. The molecule has 0 amide bonds. The molecule has 0 saturated carbocycles. The van der Waals surface area contributed by atoms with Gasteiger partial charge in [0.05, 0.1) is 11.9 Å². The van der Waals surface area contributed by atoms with Crippen LogP contribution < -0.4 is 11.1 Å². The number of rotatable bonds is 4. The lowest BCUT2D eigenvalue weighted by atomic mass is 10.4. The van der Waals surface area contributed by atoms with Gasteiger partial charge in [0.25, 0.3) is 0 Å². The second-order valence-corrected chi connectivity index (χ2v) is 3.38. The minimum absolute atomic E-state index is 0.446. The number of aromatic nitrogens is 3. The average Bonchev–Trinajstić information content (AvgIpc) is 2.68. The first-order valence-electron chi connectivity index (χ1n) is 5.12. The molecule has 5 nitrogen and oxygen atoms in total. The summed E-state index contributed by atoms with van der Waals surface area (Å²) >= 11 is 0. The van der Waals surface area contributed by atoms with Crippen molar-refractivity contribution in [2.24, 2.45) is 5.73 Å². The van der Waals surface area contributed by atoms with Gasteiger partial charge in [-0.2, -0.15) is 0 Å². The molecule has 80 valence electrons. The van der Waals surface area contributed by atoms with Gasteiger partial charge in [-0.15, -0.1) is 5.10 Å². The summed E-state index contributed by atoms with van der Waals surface area (Å²) in [4.78, 5) is 4.30. The van der Waals surface area contributed by atoms with Crippen LogP contribution in [0.3, 0.4) is 0 Å². The lowest BCUT2D eigenvalue weighted by molar-refractivity contribution is 0.902. The van der Waals surface area contributed by atoms with Crippen molar-refractivity contribution >= 4 is 11.5 Å². The number of hydrogen-bond donors (Lipinski definition) is 2. The smallest absolute Gasteiger partial charge is 0.153 e. The Morgan fingerprint density at radius 3 is 3.07 bits per heavy atom. The van der Waals surface area contributed by atoms with E-state index < -0.39 is 0 Å². The quantitative estimate of drug-likeness (QED) is 0.781. The summed E-state index contributed by atoms with van der Waals surface area (Å²) in [6.07, 6.45) is 2.93. The van der Waals surface area contributed by atoms with E-state index >= 15 is 0 Å². The molecule has 2 aromatic rings. The van der Waals surface area contributed by atoms with E-state index in [0.717, 1.165) is 30.1 Å². The van der Waals surface area contributed by atoms with Gasteiger partial charge < -0.3 is 11.1 Å². The highest BCUT2D eigenvalue weighted by atomic mass is 15.3. The predicted molar refractivity (Wildman–Crippen MR) is 59.7 cm³/mol. The Morgan fingerprint density at radius 2 is 2.33 bits per heavy atom. The molecule has 0 fully saturated rings. The van der Waals surface area contributed by atoms with Crippen molar-refractivity contribution in [1.29, 1.82) is 0 Å². The summed E-state index contributed by atoms with van der Waals surface area (Å²) in [6, 6.07) is 3.86. The molecular formula is C10H15N5. The third kappa shape index (κ3) is 2.07. The summed E-state index contributed by atoms with van der Waals surface area (Å²) in [5, 5.41) is 7.59. The Labute approximate surface area is 88.3 Å². The molecule has 2 aromatic heterocycles. The van der Waals surface area contributed by atoms with Crippen molar-refractivity contribution in [3.05, 3.63) is 24.0 Å². The maximum Gasteiger partial charge on any atom is 0.153 e. The van der Waals surface area contributed by atoms with Crippen LogP contribution in [0.1, 0.15) is 19.0 Å². The van der Waals surface area contributed by atoms with Gasteiger partial charge in [0.1, 0.15) is 5.82 Å². The normalized spacial score (nSPS) is 10.8. The van der Waals surface area contributed by atoms with Crippen LogP contribution in [0.2, 0.25) is 0 Å². The zero-order chi connectivity index (χ0) is 10.7. The highest BCUT2D eigenvalue weighted by molar-refractivity contribution is 5.45. The van der Waals surface area contributed by atoms with Gasteiger partial charge in [-0.05, 0) is 18.6 Å². The Balaban J connectivity index is 2.29. The van der Waals surface area contributed by atoms with Crippen molar-refractivity contribution < 1.29 is 0 Å². The molecule has 15 heavy (non-hydrogen) atoms. The van der Waals surface area contributed by atoms with Crippen molar-refractivity contribution in [2.75, 3.05) is 11.9 Å². The number of anilines is 1. The van der Waals surface area contributed by atoms with Gasteiger partial charge in [0.2, 0.25) is 0 Å². The van der Waals surface area contributed by atoms with E-state index in [-0.39, 0.29) is 0 Å². The van der Waals surface area contributed by atoms with Gasteiger partial charge in [0.15, 0.2) is 5.65 Å².